The van der Waals surface area contributed by atoms with E-state index in [0.717, 1.165) is 18.2 Å². The molecule has 2 rings (SSSR count). The first-order valence-corrected chi connectivity index (χ1v) is 9.70. The van der Waals surface area contributed by atoms with Crippen molar-refractivity contribution in [3.05, 3.63) is 71.3 Å². The van der Waals surface area contributed by atoms with Crippen LogP contribution in [0.4, 0.5) is 19.3 Å². The summed E-state index contributed by atoms with van der Waals surface area (Å²) in [7, 11) is 1.32. The molecule has 0 bridgehead atoms. The molecule has 0 aliphatic carbocycles. The third-order valence-electron chi connectivity index (χ3n) is 4.42. The molecular weight excluding hydrogens is 442 g/mol. The summed E-state index contributed by atoms with van der Waals surface area (Å²) in [4.78, 5) is 24.1. The van der Waals surface area contributed by atoms with E-state index < -0.39 is 35.8 Å². The number of hydroxylamine groups is 1. The van der Waals surface area contributed by atoms with E-state index in [1.807, 2.05) is 0 Å². The van der Waals surface area contributed by atoms with Gasteiger partial charge in [-0.2, -0.15) is 0 Å². The Balaban J connectivity index is 2.33. The van der Waals surface area contributed by atoms with E-state index in [2.05, 4.69) is 5.32 Å². The summed E-state index contributed by atoms with van der Waals surface area (Å²) in [6, 6.07) is 8.92. The second-order valence-electron chi connectivity index (χ2n) is 6.74. The predicted octanol–water partition coefficient (Wildman–Crippen LogP) is 3.09. The molecule has 0 aliphatic heterocycles. The van der Waals surface area contributed by atoms with Gasteiger partial charge < -0.3 is 19.3 Å². The molecule has 0 saturated carbocycles. The zero-order chi connectivity index (χ0) is 24.4. The van der Waals surface area contributed by atoms with E-state index >= 15 is 0 Å². The molecule has 0 saturated heterocycles. The van der Waals surface area contributed by atoms with Gasteiger partial charge in [-0.3, -0.25) is 15.3 Å². The molecule has 0 fully saturated rings. The summed E-state index contributed by atoms with van der Waals surface area (Å²) < 4.78 is 43.3. The van der Waals surface area contributed by atoms with E-state index in [-0.39, 0.29) is 18.9 Å². The van der Waals surface area contributed by atoms with Gasteiger partial charge >= 0.3 is 6.09 Å². The molecule has 178 valence electrons. The van der Waals surface area contributed by atoms with Crippen molar-refractivity contribution < 1.29 is 42.9 Å². The van der Waals surface area contributed by atoms with E-state index in [4.69, 9.17) is 24.5 Å². The number of hydrogen-bond acceptors (Lipinski definition) is 7. The van der Waals surface area contributed by atoms with Gasteiger partial charge in [-0.05, 0) is 42.3 Å². The van der Waals surface area contributed by atoms with E-state index in [9.17, 15) is 18.4 Å². The quantitative estimate of drug-likeness (QED) is 0.241. The lowest BCUT2D eigenvalue weighted by Crippen LogP contribution is -2.30. The largest absolute Gasteiger partial charge is 0.491 e. The highest BCUT2D eigenvalue weighted by Crippen LogP contribution is 2.30. The number of carbonyl (C=O) groups excluding carboxylic acids is 2. The topological polar surface area (TPSA) is 126 Å². The van der Waals surface area contributed by atoms with Crippen molar-refractivity contribution in [1.82, 2.24) is 5.48 Å². The van der Waals surface area contributed by atoms with Gasteiger partial charge in [0.1, 0.15) is 30.1 Å². The van der Waals surface area contributed by atoms with Gasteiger partial charge in [0.15, 0.2) is 6.10 Å². The standard InChI is InChI=1S/C22H24F2N2O7/c1-13(11-19(28)26-30)20(31-2)21(14-3-6-16(7-4-14)32-10-9-27)33-22(29)25-18-8-5-15(23)12-17(18)24/h3-8,11-12,20-21,27,30H,9-10H2,1-2H3,(H,25,29)(H,26,28)/b13-11+/t20-,21-/m0/s1. The second kappa shape index (κ2) is 12.5. The summed E-state index contributed by atoms with van der Waals surface area (Å²) in [5, 5.41) is 19.8. The minimum absolute atomic E-state index is 0.0870. The molecule has 0 aromatic heterocycles. The van der Waals surface area contributed by atoms with Crippen LogP contribution in [0.25, 0.3) is 0 Å². The highest BCUT2D eigenvalue weighted by molar-refractivity contribution is 5.87. The van der Waals surface area contributed by atoms with Crippen LogP contribution in [0, 0.1) is 11.6 Å². The molecule has 2 atom stereocenters. The second-order valence-corrected chi connectivity index (χ2v) is 6.74. The highest BCUT2D eigenvalue weighted by atomic mass is 19.1. The number of hydrogen-bond donors (Lipinski definition) is 4. The Morgan fingerprint density at radius 1 is 1.15 bits per heavy atom. The zero-order valence-electron chi connectivity index (χ0n) is 17.9. The lowest BCUT2D eigenvalue weighted by molar-refractivity contribution is -0.124. The van der Waals surface area contributed by atoms with E-state index in [1.165, 1.54) is 19.5 Å². The number of carbonyl (C=O) groups is 2. The number of ether oxygens (including phenoxy) is 3. The number of nitrogens with one attached hydrogen (secondary N) is 2. The number of methoxy groups -OCH3 is 1. The van der Waals surface area contributed by atoms with E-state index in [1.54, 1.807) is 24.3 Å². The number of rotatable bonds is 10. The van der Waals surface area contributed by atoms with Gasteiger partial charge in [0, 0.05) is 19.3 Å². The average molecular weight is 466 g/mol. The Morgan fingerprint density at radius 2 is 1.85 bits per heavy atom. The highest BCUT2D eigenvalue weighted by Gasteiger charge is 2.29. The molecular formula is C22H24F2N2O7. The summed E-state index contributed by atoms with van der Waals surface area (Å²) >= 11 is 0. The fourth-order valence-corrected chi connectivity index (χ4v) is 2.94. The van der Waals surface area contributed by atoms with Gasteiger partial charge in [0.05, 0.1) is 12.3 Å². The average Bonchev–Trinajstić information content (AvgIpc) is 2.79. The third kappa shape index (κ3) is 7.52. The van der Waals surface area contributed by atoms with Gasteiger partial charge in [0.25, 0.3) is 5.91 Å². The molecule has 9 nitrogen and oxygen atoms in total. The fourth-order valence-electron chi connectivity index (χ4n) is 2.94. The lowest BCUT2D eigenvalue weighted by Gasteiger charge is -2.27. The number of benzene rings is 2. The first-order valence-electron chi connectivity index (χ1n) is 9.70. The lowest BCUT2D eigenvalue weighted by atomic mass is 9.98. The number of anilines is 1. The van der Waals surface area contributed by atoms with Crippen molar-refractivity contribution in [3.8, 4) is 5.75 Å². The molecule has 0 radical (unpaired) electrons. The normalized spacial score (nSPS) is 13.1. The first kappa shape index (κ1) is 25.7. The maximum absolute atomic E-state index is 13.9. The number of aliphatic hydroxyl groups is 1. The van der Waals surface area contributed by atoms with Crippen LogP contribution in [0.15, 0.2) is 54.1 Å². The van der Waals surface area contributed by atoms with Crippen molar-refractivity contribution in [1.29, 1.82) is 0 Å². The molecule has 0 aliphatic rings. The maximum Gasteiger partial charge on any atom is 0.412 e. The summed E-state index contributed by atoms with van der Waals surface area (Å²) in [6.07, 6.45) is -2.10. The molecule has 4 N–H and O–H groups in total. The molecule has 11 heteroatoms. The van der Waals surface area contributed by atoms with Crippen LogP contribution in [0.2, 0.25) is 0 Å². The van der Waals surface area contributed by atoms with Gasteiger partial charge in [-0.25, -0.2) is 19.1 Å². The van der Waals surface area contributed by atoms with E-state index in [0.29, 0.717) is 23.0 Å². The zero-order valence-corrected chi connectivity index (χ0v) is 17.9. The summed E-state index contributed by atoms with van der Waals surface area (Å²) in [5.74, 6) is -2.17. The minimum Gasteiger partial charge on any atom is -0.491 e. The number of amides is 2. The van der Waals surface area contributed by atoms with Crippen molar-refractivity contribution in [2.75, 3.05) is 25.6 Å². The Kier molecular flexibility index (Phi) is 9.73. The molecule has 2 amide bonds. The molecule has 2 aromatic carbocycles. The van der Waals surface area contributed by atoms with Gasteiger partial charge in [-0.1, -0.05) is 12.1 Å². The third-order valence-corrected chi connectivity index (χ3v) is 4.42. The van der Waals surface area contributed by atoms with Crippen LogP contribution in [0.1, 0.15) is 18.6 Å². The van der Waals surface area contributed by atoms with Crippen LogP contribution in [0.3, 0.4) is 0 Å². The smallest absolute Gasteiger partial charge is 0.412 e. The van der Waals surface area contributed by atoms with Crippen molar-refractivity contribution in [2.45, 2.75) is 19.1 Å². The predicted molar refractivity (Wildman–Crippen MR) is 113 cm³/mol. The first-order chi connectivity index (χ1) is 15.8. The van der Waals surface area contributed by atoms with Crippen molar-refractivity contribution in [2.24, 2.45) is 0 Å². The Morgan fingerprint density at radius 3 is 2.42 bits per heavy atom. The van der Waals surface area contributed by atoms with Gasteiger partial charge in [-0.15, -0.1) is 0 Å². The summed E-state index contributed by atoms with van der Waals surface area (Å²) in [6.45, 7) is 1.44. The van der Waals surface area contributed by atoms with Crippen LogP contribution in [-0.2, 0) is 14.3 Å². The van der Waals surface area contributed by atoms with Gasteiger partial charge in [0.2, 0.25) is 0 Å². The molecule has 0 spiro atoms. The number of aliphatic hydroxyl groups excluding tert-OH is 1. The van der Waals surface area contributed by atoms with Crippen LogP contribution in [0.5, 0.6) is 5.75 Å². The Bertz CT molecular complexity index is 983. The molecule has 33 heavy (non-hydrogen) atoms. The van der Waals surface area contributed by atoms with Crippen LogP contribution >= 0.6 is 0 Å². The molecule has 2 aromatic rings. The van der Waals surface area contributed by atoms with Crippen molar-refractivity contribution in [3.63, 3.8) is 0 Å². The monoisotopic (exact) mass is 466 g/mol. The maximum atomic E-state index is 13.9. The van der Waals surface area contributed by atoms with Crippen LogP contribution < -0.4 is 15.5 Å². The minimum atomic E-state index is -1.12. The SMILES string of the molecule is CO[C@@H](/C(C)=C/C(=O)NO)[C@@H](OC(=O)Nc1ccc(F)cc1F)c1ccc(OCCO)cc1. The van der Waals surface area contributed by atoms with Crippen LogP contribution in [-0.4, -0.2) is 48.7 Å². The Labute approximate surface area is 188 Å². The van der Waals surface area contributed by atoms with Crippen molar-refractivity contribution >= 4 is 17.7 Å². The summed E-state index contributed by atoms with van der Waals surface area (Å²) in [5.41, 5.74) is 1.90. The molecule has 0 unspecified atom stereocenters. The fraction of sp³-hybridized carbons (Fsp3) is 0.273. The number of halogens is 2. The molecule has 0 heterocycles. The Hall–Kier alpha value is -3.54.